The minimum absolute atomic E-state index is 0.102. The number of hydrogen-bond donors (Lipinski definition) is 1. The molecule has 1 aromatic carbocycles. The van der Waals surface area contributed by atoms with E-state index >= 15 is 0 Å². The molecular weight excluding hydrogens is 268 g/mol. The number of carbonyl (C=O) groups is 1. The van der Waals surface area contributed by atoms with Crippen molar-refractivity contribution in [3.63, 3.8) is 0 Å². The number of halogens is 1. The molecule has 0 aliphatic carbocycles. The van der Waals surface area contributed by atoms with Crippen LogP contribution in [0.25, 0.3) is 0 Å². The summed E-state index contributed by atoms with van der Waals surface area (Å²) in [6, 6.07) is 6.23. The van der Waals surface area contributed by atoms with Gasteiger partial charge in [-0.15, -0.1) is 0 Å². The predicted molar refractivity (Wildman–Crippen MR) is 68.9 cm³/mol. The van der Waals surface area contributed by atoms with Gasteiger partial charge >= 0.3 is 0 Å². The van der Waals surface area contributed by atoms with Crippen LogP contribution in [0.2, 0.25) is 0 Å². The Morgan fingerprint density at radius 1 is 1.50 bits per heavy atom. The number of carbonyl (C=O) groups excluding carboxylic acids is 1. The summed E-state index contributed by atoms with van der Waals surface area (Å²) >= 11 is 3.42. The molecular formula is C12H15BrN2O. The SMILES string of the molecule is CN(CBr)CCc1ccc2c(c1)CC(=O)N2. The number of likely N-dealkylation sites (N-methyl/N-ethyl adjacent to an activating group) is 1. The van der Waals surface area contributed by atoms with Crippen molar-refractivity contribution in [3.8, 4) is 0 Å². The lowest BCUT2D eigenvalue weighted by atomic mass is 10.1. The maximum atomic E-state index is 11.2. The number of amides is 1. The molecule has 0 unspecified atom stereocenters. The van der Waals surface area contributed by atoms with E-state index in [1.54, 1.807) is 0 Å². The Bertz CT molecular complexity index is 406. The van der Waals surface area contributed by atoms with E-state index in [-0.39, 0.29) is 5.91 Å². The Labute approximate surface area is 104 Å². The van der Waals surface area contributed by atoms with Gasteiger partial charge in [0.1, 0.15) is 0 Å². The van der Waals surface area contributed by atoms with E-state index in [0.29, 0.717) is 6.42 Å². The van der Waals surface area contributed by atoms with Gasteiger partial charge < -0.3 is 5.32 Å². The Balaban J connectivity index is 2.02. The number of benzene rings is 1. The van der Waals surface area contributed by atoms with Gasteiger partial charge in [0.15, 0.2) is 0 Å². The van der Waals surface area contributed by atoms with Crippen LogP contribution < -0.4 is 5.32 Å². The van der Waals surface area contributed by atoms with Crippen molar-refractivity contribution < 1.29 is 4.79 Å². The van der Waals surface area contributed by atoms with Crippen molar-refractivity contribution in [2.45, 2.75) is 12.8 Å². The largest absolute Gasteiger partial charge is 0.326 e. The smallest absolute Gasteiger partial charge is 0.228 e. The lowest BCUT2D eigenvalue weighted by Gasteiger charge is -2.12. The van der Waals surface area contributed by atoms with Gasteiger partial charge in [0.25, 0.3) is 0 Å². The van der Waals surface area contributed by atoms with Crippen molar-refractivity contribution in [2.24, 2.45) is 0 Å². The van der Waals surface area contributed by atoms with Crippen molar-refractivity contribution in [2.75, 3.05) is 24.4 Å². The van der Waals surface area contributed by atoms with Crippen LogP contribution >= 0.6 is 15.9 Å². The first-order valence-corrected chi connectivity index (χ1v) is 6.47. The number of hydrogen-bond acceptors (Lipinski definition) is 2. The van der Waals surface area contributed by atoms with Crippen LogP contribution in [-0.4, -0.2) is 29.9 Å². The van der Waals surface area contributed by atoms with Gasteiger partial charge in [-0.2, -0.15) is 0 Å². The Morgan fingerprint density at radius 2 is 2.31 bits per heavy atom. The monoisotopic (exact) mass is 282 g/mol. The topological polar surface area (TPSA) is 32.3 Å². The number of alkyl halides is 1. The van der Waals surface area contributed by atoms with Gasteiger partial charge in [0.2, 0.25) is 5.91 Å². The van der Waals surface area contributed by atoms with Gasteiger partial charge in [-0.3, -0.25) is 9.69 Å². The maximum absolute atomic E-state index is 11.2. The third-order valence-electron chi connectivity index (χ3n) is 2.78. The van der Waals surface area contributed by atoms with Crippen LogP contribution in [-0.2, 0) is 17.6 Å². The molecule has 0 saturated carbocycles. The summed E-state index contributed by atoms with van der Waals surface area (Å²) in [5.74, 6) is 0.102. The van der Waals surface area contributed by atoms with Crippen LogP contribution in [0.5, 0.6) is 0 Å². The molecule has 86 valence electrons. The molecule has 0 aromatic heterocycles. The number of anilines is 1. The molecule has 1 aromatic rings. The zero-order valence-electron chi connectivity index (χ0n) is 9.29. The lowest BCUT2D eigenvalue weighted by molar-refractivity contribution is -0.115. The highest BCUT2D eigenvalue weighted by Gasteiger charge is 2.17. The molecule has 2 rings (SSSR count). The van der Waals surface area contributed by atoms with Gasteiger partial charge in [-0.1, -0.05) is 28.1 Å². The van der Waals surface area contributed by atoms with E-state index in [1.165, 1.54) is 5.56 Å². The fourth-order valence-corrected chi connectivity index (χ4v) is 2.07. The van der Waals surface area contributed by atoms with Crippen LogP contribution in [0.1, 0.15) is 11.1 Å². The highest BCUT2D eigenvalue weighted by Crippen LogP contribution is 2.23. The van der Waals surface area contributed by atoms with E-state index < -0.39 is 0 Å². The third kappa shape index (κ3) is 2.62. The molecule has 0 fully saturated rings. The molecule has 3 nitrogen and oxygen atoms in total. The quantitative estimate of drug-likeness (QED) is 0.677. The first-order valence-electron chi connectivity index (χ1n) is 5.35. The van der Waals surface area contributed by atoms with E-state index in [2.05, 4.69) is 45.3 Å². The first kappa shape index (κ1) is 11.6. The van der Waals surface area contributed by atoms with Crippen molar-refractivity contribution >= 4 is 27.5 Å². The summed E-state index contributed by atoms with van der Waals surface area (Å²) in [5, 5.41) is 2.84. The first-order chi connectivity index (χ1) is 7.69. The maximum Gasteiger partial charge on any atom is 0.228 e. The fourth-order valence-electron chi connectivity index (χ4n) is 1.82. The van der Waals surface area contributed by atoms with E-state index in [9.17, 15) is 4.79 Å². The summed E-state index contributed by atoms with van der Waals surface area (Å²) in [7, 11) is 2.08. The second kappa shape index (κ2) is 4.97. The van der Waals surface area contributed by atoms with Crippen LogP contribution in [0, 0.1) is 0 Å². The normalized spacial score (nSPS) is 14.1. The predicted octanol–water partition coefficient (Wildman–Crippen LogP) is 2.01. The molecule has 1 aliphatic rings. The van der Waals surface area contributed by atoms with Gasteiger partial charge in [-0.25, -0.2) is 0 Å². The Hall–Kier alpha value is -0.870. The molecule has 0 atom stereocenters. The van der Waals surface area contributed by atoms with Crippen LogP contribution in [0.15, 0.2) is 18.2 Å². The summed E-state index contributed by atoms with van der Waals surface area (Å²) in [6.07, 6.45) is 1.54. The lowest BCUT2D eigenvalue weighted by Crippen LogP contribution is -2.18. The summed E-state index contributed by atoms with van der Waals surface area (Å²) in [6.45, 7) is 1.02. The molecule has 1 N–H and O–H groups in total. The minimum Gasteiger partial charge on any atom is -0.326 e. The average Bonchev–Trinajstić information content (AvgIpc) is 2.65. The van der Waals surface area contributed by atoms with Crippen LogP contribution in [0.3, 0.4) is 0 Å². The van der Waals surface area contributed by atoms with Crippen molar-refractivity contribution in [3.05, 3.63) is 29.3 Å². The number of nitrogens with zero attached hydrogens (tertiary/aromatic N) is 1. The van der Waals surface area contributed by atoms with E-state index in [0.717, 1.165) is 29.7 Å². The number of nitrogens with one attached hydrogen (secondary N) is 1. The van der Waals surface area contributed by atoms with Gasteiger partial charge in [0.05, 0.1) is 11.9 Å². The molecule has 0 saturated heterocycles. The molecule has 1 aliphatic heterocycles. The van der Waals surface area contributed by atoms with Crippen molar-refractivity contribution in [1.82, 2.24) is 4.90 Å². The molecule has 4 heteroatoms. The molecule has 1 heterocycles. The third-order valence-corrected chi connectivity index (χ3v) is 3.64. The van der Waals surface area contributed by atoms with Crippen molar-refractivity contribution in [1.29, 1.82) is 0 Å². The molecule has 16 heavy (non-hydrogen) atoms. The molecule has 0 radical (unpaired) electrons. The second-order valence-electron chi connectivity index (χ2n) is 4.17. The highest BCUT2D eigenvalue weighted by atomic mass is 79.9. The van der Waals surface area contributed by atoms with E-state index in [4.69, 9.17) is 0 Å². The zero-order valence-corrected chi connectivity index (χ0v) is 10.9. The summed E-state index contributed by atoms with van der Waals surface area (Å²) < 4.78 is 0. The summed E-state index contributed by atoms with van der Waals surface area (Å²) in [5.41, 5.74) is 4.28. The fraction of sp³-hybridized carbons (Fsp3) is 0.417. The van der Waals surface area contributed by atoms with Gasteiger partial charge in [-0.05, 0) is 30.7 Å². The molecule has 0 bridgehead atoms. The Kier molecular flexibility index (Phi) is 3.61. The standard InChI is InChI=1S/C12H15BrN2O/c1-15(8-13)5-4-9-2-3-11-10(6-9)7-12(16)14-11/h2-3,6H,4-5,7-8H2,1H3,(H,14,16). The summed E-state index contributed by atoms with van der Waals surface area (Å²) in [4.78, 5) is 13.4. The zero-order chi connectivity index (χ0) is 11.5. The minimum atomic E-state index is 0.102. The van der Waals surface area contributed by atoms with E-state index in [1.807, 2.05) is 6.07 Å². The second-order valence-corrected chi connectivity index (χ2v) is 4.67. The average molecular weight is 283 g/mol. The molecule has 1 amide bonds. The number of fused-ring (bicyclic) bond motifs is 1. The number of rotatable bonds is 4. The molecule has 0 spiro atoms. The Morgan fingerprint density at radius 3 is 3.06 bits per heavy atom. The van der Waals surface area contributed by atoms with Crippen LogP contribution in [0.4, 0.5) is 5.69 Å². The highest BCUT2D eigenvalue weighted by molar-refractivity contribution is 9.09. The van der Waals surface area contributed by atoms with Gasteiger partial charge in [0, 0.05) is 12.2 Å².